The molecule has 0 aliphatic heterocycles. The van der Waals surface area contributed by atoms with Gasteiger partial charge in [-0.25, -0.2) is 9.37 Å². The van der Waals surface area contributed by atoms with Gasteiger partial charge in [-0.2, -0.15) is 0 Å². The maximum Gasteiger partial charge on any atom is 0.142 e. The molecule has 20 heavy (non-hydrogen) atoms. The molecule has 108 valence electrons. The third kappa shape index (κ3) is 3.31. The zero-order valence-corrected chi connectivity index (χ0v) is 13.5. The molecule has 2 nitrogen and oxygen atoms in total. The van der Waals surface area contributed by atoms with Gasteiger partial charge in [-0.05, 0) is 25.5 Å². The summed E-state index contributed by atoms with van der Waals surface area (Å²) in [7, 11) is 0. The lowest BCUT2D eigenvalue weighted by atomic mass is 10.1. The maximum absolute atomic E-state index is 13.6. The summed E-state index contributed by atoms with van der Waals surface area (Å²) in [6, 6.07) is 2.74. The van der Waals surface area contributed by atoms with E-state index in [1.165, 1.54) is 12.1 Å². The van der Waals surface area contributed by atoms with Gasteiger partial charge in [0.05, 0.1) is 11.1 Å². The van der Waals surface area contributed by atoms with Crippen LogP contribution in [0.15, 0.2) is 23.7 Å². The van der Waals surface area contributed by atoms with Crippen LogP contribution in [0.2, 0.25) is 10.0 Å². The Labute approximate surface area is 131 Å². The Morgan fingerprint density at radius 3 is 2.75 bits per heavy atom. The number of hydrogen-bond donors (Lipinski definition) is 1. The van der Waals surface area contributed by atoms with Crippen molar-refractivity contribution in [3.05, 3.63) is 50.1 Å². The van der Waals surface area contributed by atoms with Crippen molar-refractivity contribution in [1.29, 1.82) is 0 Å². The summed E-state index contributed by atoms with van der Waals surface area (Å²) in [5, 5.41) is 6.89. The molecule has 1 aromatic heterocycles. The molecule has 0 bridgehead atoms. The van der Waals surface area contributed by atoms with E-state index >= 15 is 0 Å². The number of nitrogens with one attached hydrogen (secondary N) is 1. The number of thiazole rings is 1. The topological polar surface area (TPSA) is 24.9 Å². The van der Waals surface area contributed by atoms with Crippen molar-refractivity contribution in [2.75, 3.05) is 0 Å². The highest BCUT2D eigenvalue weighted by Gasteiger charge is 2.21. The summed E-state index contributed by atoms with van der Waals surface area (Å²) in [5.74, 6) is -0.456. The van der Waals surface area contributed by atoms with E-state index in [1.807, 2.05) is 12.3 Å². The van der Waals surface area contributed by atoms with Crippen molar-refractivity contribution in [1.82, 2.24) is 10.3 Å². The van der Waals surface area contributed by atoms with Crippen LogP contribution < -0.4 is 5.32 Å². The van der Waals surface area contributed by atoms with Crippen LogP contribution in [0, 0.1) is 5.82 Å². The fraction of sp³-hybridized carbons (Fsp3) is 0.357. The highest BCUT2D eigenvalue weighted by atomic mass is 35.5. The molecule has 0 aliphatic rings. The van der Waals surface area contributed by atoms with Gasteiger partial charge in [0.25, 0.3) is 0 Å². The highest BCUT2D eigenvalue weighted by molar-refractivity contribution is 7.09. The summed E-state index contributed by atoms with van der Waals surface area (Å²) < 4.78 is 13.6. The minimum atomic E-state index is -0.456. The molecule has 1 N–H and O–H groups in total. The van der Waals surface area contributed by atoms with Crippen LogP contribution in [0.25, 0.3) is 0 Å². The van der Waals surface area contributed by atoms with Gasteiger partial charge in [-0.15, -0.1) is 11.3 Å². The molecule has 2 atom stereocenters. The van der Waals surface area contributed by atoms with Crippen LogP contribution in [-0.2, 0) is 0 Å². The minimum absolute atomic E-state index is 0.0755. The van der Waals surface area contributed by atoms with Crippen LogP contribution in [0.1, 0.15) is 42.9 Å². The Morgan fingerprint density at radius 1 is 1.40 bits per heavy atom. The third-order valence-corrected chi connectivity index (χ3v) is 4.72. The molecule has 1 heterocycles. The van der Waals surface area contributed by atoms with Gasteiger partial charge in [0, 0.05) is 28.2 Å². The predicted octanol–water partition coefficient (Wildman–Crippen LogP) is 5.39. The van der Waals surface area contributed by atoms with Crippen molar-refractivity contribution in [3.8, 4) is 0 Å². The highest BCUT2D eigenvalue weighted by Crippen LogP contribution is 2.34. The average molecular weight is 333 g/mol. The first-order valence-corrected chi connectivity index (χ1v) is 7.97. The molecule has 2 aromatic rings. The van der Waals surface area contributed by atoms with Crippen LogP contribution in [0.4, 0.5) is 4.39 Å². The van der Waals surface area contributed by atoms with Crippen molar-refractivity contribution in [2.24, 2.45) is 0 Å². The zero-order valence-electron chi connectivity index (χ0n) is 11.2. The van der Waals surface area contributed by atoms with Crippen molar-refractivity contribution in [2.45, 2.75) is 32.4 Å². The summed E-state index contributed by atoms with van der Waals surface area (Å²) in [5.41, 5.74) is 0.586. The molecule has 0 radical (unpaired) electrons. The Balaban J connectivity index is 2.24. The lowest BCUT2D eigenvalue weighted by molar-refractivity contribution is 0.453. The van der Waals surface area contributed by atoms with Crippen LogP contribution in [0.3, 0.4) is 0 Å². The Kier molecular flexibility index (Phi) is 5.38. The zero-order chi connectivity index (χ0) is 14.7. The van der Waals surface area contributed by atoms with E-state index < -0.39 is 5.82 Å². The van der Waals surface area contributed by atoms with E-state index in [4.69, 9.17) is 23.2 Å². The van der Waals surface area contributed by atoms with Crippen LogP contribution in [0.5, 0.6) is 0 Å². The van der Waals surface area contributed by atoms with Gasteiger partial charge < -0.3 is 5.32 Å². The van der Waals surface area contributed by atoms with Crippen molar-refractivity contribution >= 4 is 34.5 Å². The second kappa shape index (κ2) is 6.85. The number of rotatable bonds is 5. The van der Waals surface area contributed by atoms with Crippen molar-refractivity contribution < 1.29 is 4.39 Å². The first-order valence-electron chi connectivity index (χ1n) is 6.33. The quantitative estimate of drug-likeness (QED) is 0.742. The summed E-state index contributed by atoms with van der Waals surface area (Å²) in [4.78, 5) is 4.31. The van der Waals surface area contributed by atoms with Gasteiger partial charge in [0.15, 0.2) is 0 Å². The lowest BCUT2D eigenvalue weighted by Gasteiger charge is -2.22. The SMILES string of the molecule is CCC(NC(C)c1c(Cl)ccc(F)c1Cl)c1nccs1. The first-order chi connectivity index (χ1) is 9.54. The van der Waals surface area contributed by atoms with Gasteiger partial charge in [-0.1, -0.05) is 30.1 Å². The molecule has 0 saturated carbocycles. The first kappa shape index (κ1) is 15.7. The molecular weight excluding hydrogens is 318 g/mol. The van der Waals surface area contributed by atoms with Gasteiger partial charge in [0.2, 0.25) is 0 Å². The average Bonchev–Trinajstić information content (AvgIpc) is 2.94. The summed E-state index contributed by atoms with van der Waals surface area (Å²) >= 11 is 13.8. The third-order valence-electron chi connectivity index (χ3n) is 3.12. The lowest BCUT2D eigenvalue weighted by Crippen LogP contribution is -2.24. The van der Waals surface area contributed by atoms with E-state index in [9.17, 15) is 4.39 Å². The Morgan fingerprint density at radius 2 is 2.15 bits per heavy atom. The number of hydrogen-bond acceptors (Lipinski definition) is 3. The van der Waals surface area contributed by atoms with Gasteiger partial charge >= 0.3 is 0 Å². The molecule has 2 rings (SSSR count). The maximum atomic E-state index is 13.6. The normalized spacial score (nSPS) is 14.2. The molecule has 1 aromatic carbocycles. The smallest absolute Gasteiger partial charge is 0.142 e. The fourth-order valence-electron chi connectivity index (χ4n) is 2.10. The van der Waals surface area contributed by atoms with E-state index in [0.717, 1.165) is 11.4 Å². The molecule has 0 aliphatic carbocycles. The monoisotopic (exact) mass is 332 g/mol. The predicted molar refractivity (Wildman–Crippen MR) is 83.1 cm³/mol. The van der Waals surface area contributed by atoms with Gasteiger partial charge in [0.1, 0.15) is 10.8 Å². The molecule has 0 saturated heterocycles. The van der Waals surface area contributed by atoms with E-state index in [2.05, 4.69) is 17.2 Å². The van der Waals surface area contributed by atoms with E-state index in [-0.39, 0.29) is 17.1 Å². The molecule has 0 spiro atoms. The van der Waals surface area contributed by atoms with Gasteiger partial charge in [-0.3, -0.25) is 0 Å². The minimum Gasteiger partial charge on any atom is -0.301 e. The molecule has 2 unspecified atom stereocenters. The molecular formula is C14H15Cl2FN2S. The van der Waals surface area contributed by atoms with E-state index in [1.54, 1.807) is 17.5 Å². The molecule has 6 heteroatoms. The second-order valence-corrected chi connectivity index (χ2v) is 6.19. The number of nitrogens with zero attached hydrogens (tertiary/aromatic N) is 1. The molecule has 0 amide bonds. The number of benzene rings is 1. The van der Waals surface area contributed by atoms with Crippen LogP contribution in [-0.4, -0.2) is 4.98 Å². The van der Waals surface area contributed by atoms with Crippen molar-refractivity contribution in [3.63, 3.8) is 0 Å². The second-order valence-electron chi connectivity index (χ2n) is 4.48. The van der Waals surface area contributed by atoms with E-state index in [0.29, 0.717) is 10.6 Å². The number of aromatic nitrogens is 1. The Hall–Kier alpha value is -0.680. The Bertz CT molecular complexity index is 575. The summed E-state index contributed by atoms with van der Waals surface area (Å²) in [6.45, 7) is 3.99. The largest absolute Gasteiger partial charge is 0.301 e. The fourth-order valence-corrected chi connectivity index (χ4v) is 3.57. The molecule has 0 fully saturated rings. The summed E-state index contributed by atoms with van der Waals surface area (Å²) in [6.07, 6.45) is 2.65. The standard InChI is InChI=1S/C14H15Cl2FN2S/c1-3-11(14-18-6-7-20-14)19-8(2)12-9(15)4-5-10(17)13(12)16/h4-8,11,19H,3H2,1-2H3. The number of halogens is 3. The van der Waals surface area contributed by atoms with Crippen LogP contribution >= 0.6 is 34.5 Å².